The minimum atomic E-state index is -0.140. The summed E-state index contributed by atoms with van der Waals surface area (Å²) in [5.41, 5.74) is 3.46. The second-order valence-electron chi connectivity index (χ2n) is 6.22. The lowest BCUT2D eigenvalue weighted by Gasteiger charge is -2.17. The maximum Gasteiger partial charge on any atom is 0.128 e. The normalized spacial score (nSPS) is 10.0. The van der Waals surface area contributed by atoms with Crippen molar-refractivity contribution in [1.29, 1.82) is 0 Å². The molecule has 0 aliphatic carbocycles. The number of rotatable bonds is 3. The van der Waals surface area contributed by atoms with Gasteiger partial charge in [-0.1, -0.05) is 0 Å². The molecule has 0 radical (unpaired) electrons. The zero-order valence-electron chi connectivity index (χ0n) is 15.4. The minimum absolute atomic E-state index is 0. The van der Waals surface area contributed by atoms with Gasteiger partial charge in [-0.2, -0.15) is 0 Å². The molecule has 2 aromatic heterocycles. The summed E-state index contributed by atoms with van der Waals surface area (Å²) < 4.78 is 0. The van der Waals surface area contributed by atoms with Gasteiger partial charge in [-0.25, -0.2) is 0 Å². The molecule has 0 atom stereocenters. The van der Waals surface area contributed by atoms with E-state index in [4.69, 9.17) is 0 Å². The number of nitrogens with zero attached hydrogens (tertiary/aromatic N) is 2. The maximum atomic E-state index is 10.5. The molecule has 2 aromatic carbocycles. The Morgan fingerprint density at radius 3 is 1.70 bits per heavy atom. The molecule has 6 nitrogen and oxygen atoms in total. The van der Waals surface area contributed by atoms with E-state index in [0.29, 0.717) is 22.4 Å². The van der Waals surface area contributed by atoms with E-state index >= 15 is 0 Å². The molecule has 8 heteroatoms. The SMILES string of the molecule is Br.Br.Oc1ccc(-c2nccc(-c3ccncc3)c2-c2ccc(O)cc2O)c(O)c1. The second-order valence-corrected chi connectivity index (χ2v) is 6.22. The Kier molecular flexibility index (Phi) is 7.42. The molecule has 0 saturated heterocycles. The van der Waals surface area contributed by atoms with Crippen LogP contribution in [-0.4, -0.2) is 30.4 Å². The summed E-state index contributed by atoms with van der Waals surface area (Å²) in [5.74, 6) is -0.396. The van der Waals surface area contributed by atoms with Gasteiger partial charge in [0.1, 0.15) is 23.0 Å². The fraction of sp³-hybridized carbons (Fsp3) is 0. The summed E-state index contributed by atoms with van der Waals surface area (Å²) in [6.45, 7) is 0. The average molecular weight is 534 g/mol. The number of aromatic hydroxyl groups is 4. The summed E-state index contributed by atoms with van der Waals surface area (Å²) in [5, 5.41) is 40.2. The number of benzene rings is 2. The highest BCUT2D eigenvalue weighted by Crippen LogP contribution is 2.45. The van der Waals surface area contributed by atoms with Crippen LogP contribution in [0.2, 0.25) is 0 Å². The standard InChI is InChI=1S/C22H16N2O4.2BrH/c25-14-1-3-17(19(27)11-14)21-16(13-5-8-23-9-6-13)7-10-24-22(21)18-4-2-15(26)12-20(18)28;;/h1-12,25-28H;2*1H. The van der Waals surface area contributed by atoms with Gasteiger partial charge >= 0.3 is 0 Å². The van der Waals surface area contributed by atoms with Crippen LogP contribution < -0.4 is 0 Å². The molecule has 0 bridgehead atoms. The van der Waals surface area contributed by atoms with E-state index in [-0.39, 0.29) is 57.0 Å². The molecule has 4 N–H and O–H groups in total. The van der Waals surface area contributed by atoms with Gasteiger partial charge in [0, 0.05) is 47.4 Å². The summed E-state index contributed by atoms with van der Waals surface area (Å²) in [4.78, 5) is 8.48. The summed E-state index contributed by atoms with van der Waals surface area (Å²) >= 11 is 0. The van der Waals surface area contributed by atoms with E-state index in [1.54, 1.807) is 36.8 Å². The third kappa shape index (κ3) is 4.39. The van der Waals surface area contributed by atoms with Crippen molar-refractivity contribution in [2.24, 2.45) is 0 Å². The first-order chi connectivity index (χ1) is 13.5. The largest absolute Gasteiger partial charge is 0.508 e. The lowest BCUT2D eigenvalue weighted by Crippen LogP contribution is -1.94. The second kappa shape index (κ2) is 9.60. The van der Waals surface area contributed by atoms with Crippen molar-refractivity contribution in [3.8, 4) is 56.5 Å². The molecule has 4 rings (SSSR count). The van der Waals surface area contributed by atoms with Gasteiger partial charge in [0.15, 0.2) is 0 Å². The van der Waals surface area contributed by atoms with Crippen LogP contribution in [0.4, 0.5) is 0 Å². The number of aromatic nitrogens is 2. The van der Waals surface area contributed by atoms with Crippen LogP contribution in [-0.2, 0) is 0 Å². The molecular formula is C22H18Br2N2O4. The molecule has 4 aromatic rings. The molecule has 0 aliphatic heterocycles. The van der Waals surface area contributed by atoms with Crippen molar-refractivity contribution in [3.63, 3.8) is 0 Å². The van der Waals surface area contributed by atoms with E-state index in [2.05, 4.69) is 9.97 Å². The molecule has 30 heavy (non-hydrogen) atoms. The van der Waals surface area contributed by atoms with Crippen LogP contribution in [0.5, 0.6) is 23.0 Å². The summed E-state index contributed by atoms with van der Waals surface area (Å²) in [6, 6.07) is 14.0. The fourth-order valence-corrected chi connectivity index (χ4v) is 3.16. The molecule has 154 valence electrons. The number of phenolic OH excluding ortho intramolecular Hbond substituents is 4. The lowest BCUT2D eigenvalue weighted by molar-refractivity contribution is 0.450. The molecule has 0 saturated carbocycles. The highest BCUT2D eigenvalue weighted by molar-refractivity contribution is 8.93. The Morgan fingerprint density at radius 1 is 0.567 bits per heavy atom. The number of pyridine rings is 2. The van der Waals surface area contributed by atoms with E-state index in [1.807, 2.05) is 12.1 Å². The topological polar surface area (TPSA) is 107 Å². The predicted octanol–water partition coefficient (Wildman–Crippen LogP) is 5.46. The number of halogens is 2. The van der Waals surface area contributed by atoms with Crippen LogP contribution in [0.1, 0.15) is 0 Å². The zero-order chi connectivity index (χ0) is 19.7. The van der Waals surface area contributed by atoms with Crippen molar-refractivity contribution in [1.82, 2.24) is 9.97 Å². The van der Waals surface area contributed by atoms with E-state index in [1.165, 1.54) is 24.3 Å². The molecular weight excluding hydrogens is 516 g/mol. The van der Waals surface area contributed by atoms with Crippen molar-refractivity contribution in [2.75, 3.05) is 0 Å². The van der Waals surface area contributed by atoms with Gasteiger partial charge in [-0.3, -0.25) is 9.97 Å². The van der Waals surface area contributed by atoms with E-state index in [0.717, 1.165) is 11.1 Å². The Morgan fingerprint density at radius 2 is 1.13 bits per heavy atom. The third-order valence-electron chi connectivity index (χ3n) is 4.43. The smallest absolute Gasteiger partial charge is 0.128 e. The van der Waals surface area contributed by atoms with Gasteiger partial charge in [-0.15, -0.1) is 34.0 Å². The van der Waals surface area contributed by atoms with Gasteiger partial charge < -0.3 is 20.4 Å². The zero-order valence-corrected chi connectivity index (χ0v) is 18.9. The maximum absolute atomic E-state index is 10.5. The first kappa shape index (κ1) is 23.2. The molecule has 0 unspecified atom stereocenters. The Bertz CT molecular complexity index is 1170. The molecule has 2 heterocycles. The van der Waals surface area contributed by atoms with Crippen LogP contribution in [0, 0.1) is 0 Å². The lowest BCUT2D eigenvalue weighted by atomic mass is 9.90. The highest BCUT2D eigenvalue weighted by Gasteiger charge is 2.20. The van der Waals surface area contributed by atoms with E-state index in [9.17, 15) is 20.4 Å². The monoisotopic (exact) mass is 532 g/mol. The van der Waals surface area contributed by atoms with Gasteiger partial charge in [0.25, 0.3) is 0 Å². The molecule has 0 fully saturated rings. The fourth-order valence-electron chi connectivity index (χ4n) is 3.16. The highest BCUT2D eigenvalue weighted by atomic mass is 79.9. The molecule has 0 aliphatic rings. The van der Waals surface area contributed by atoms with Gasteiger partial charge in [-0.05, 0) is 53.6 Å². The Labute approximate surface area is 193 Å². The van der Waals surface area contributed by atoms with Crippen molar-refractivity contribution in [3.05, 3.63) is 73.2 Å². The van der Waals surface area contributed by atoms with Crippen LogP contribution in [0.3, 0.4) is 0 Å². The number of hydrogen-bond donors (Lipinski definition) is 4. The first-order valence-corrected chi connectivity index (χ1v) is 8.48. The van der Waals surface area contributed by atoms with Gasteiger partial charge in [0.2, 0.25) is 0 Å². The van der Waals surface area contributed by atoms with Crippen molar-refractivity contribution in [2.45, 2.75) is 0 Å². The number of phenols is 4. The summed E-state index contributed by atoms with van der Waals surface area (Å²) in [7, 11) is 0. The van der Waals surface area contributed by atoms with Gasteiger partial charge in [0.05, 0.1) is 5.69 Å². The van der Waals surface area contributed by atoms with Crippen LogP contribution in [0.25, 0.3) is 33.5 Å². The summed E-state index contributed by atoms with van der Waals surface area (Å²) in [6.07, 6.45) is 4.93. The quantitative estimate of drug-likeness (QED) is 0.279. The Hall–Kier alpha value is -3.10. The van der Waals surface area contributed by atoms with Crippen LogP contribution >= 0.6 is 34.0 Å². The number of hydrogen-bond acceptors (Lipinski definition) is 6. The van der Waals surface area contributed by atoms with E-state index < -0.39 is 0 Å². The minimum Gasteiger partial charge on any atom is -0.508 e. The Balaban J connectivity index is 0.00000160. The third-order valence-corrected chi connectivity index (χ3v) is 4.43. The van der Waals surface area contributed by atoms with Crippen LogP contribution in [0.15, 0.2) is 73.2 Å². The van der Waals surface area contributed by atoms with Crippen molar-refractivity contribution >= 4 is 34.0 Å². The first-order valence-electron chi connectivity index (χ1n) is 8.48. The van der Waals surface area contributed by atoms with Crippen molar-refractivity contribution < 1.29 is 20.4 Å². The predicted molar refractivity (Wildman–Crippen MR) is 126 cm³/mol. The molecule has 0 spiro atoms. The molecule has 0 amide bonds. The average Bonchev–Trinajstić information content (AvgIpc) is 2.69.